The average Bonchev–Trinajstić information content (AvgIpc) is 2.91. The Bertz CT molecular complexity index is 729. The van der Waals surface area contributed by atoms with Crippen LogP contribution >= 0.6 is 0 Å². The zero-order chi connectivity index (χ0) is 15.4. The molecule has 0 aliphatic carbocycles. The van der Waals surface area contributed by atoms with E-state index in [1.165, 1.54) is 5.56 Å². The van der Waals surface area contributed by atoms with Crippen molar-refractivity contribution in [2.45, 2.75) is 19.0 Å². The van der Waals surface area contributed by atoms with Gasteiger partial charge in [-0.2, -0.15) is 0 Å². The van der Waals surface area contributed by atoms with Crippen molar-refractivity contribution in [3.8, 4) is 0 Å². The third-order valence-electron chi connectivity index (χ3n) is 3.93. The fourth-order valence-electron chi connectivity index (χ4n) is 2.80. The zero-order valence-electron chi connectivity index (χ0n) is 12.3. The minimum atomic E-state index is -3.29. The first-order valence-corrected chi connectivity index (χ1v) is 9.12. The third kappa shape index (κ3) is 3.74. The summed E-state index contributed by atoms with van der Waals surface area (Å²) in [5.74, 6) is 0.0821. The van der Waals surface area contributed by atoms with Crippen LogP contribution in [0, 0.1) is 0 Å². The van der Waals surface area contributed by atoms with Crippen LogP contribution in [0.1, 0.15) is 22.7 Å². The quantitative estimate of drug-likeness (QED) is 0.857. The second-order valence-electron chi connectivity index (χ2n) is 5.54. The van der Waals surface area contributed by atoms with E-state index < -0.39 is 10.0 Å². The molecule has 0 bridgehead atoms. The van der Waals surface area contributed by atoms with Crippen LogP contribution < -0.4 is 10.0 Å². The Hall–Kier alpha value is -1.69. The Morgan fingerprint density at radius 1 is 1.05 bits per heavy atom. The van der Waals surface area contributed by atoms with Crippen molar-refractivity contribution in [1.82, 2.24) is 10.0 Å². The molecule has 3 rings (SSSR count). The Kier molecular flexibility index (Phi) is 4.57. The molecule has 0 aromatic heterocycles. The van der Waals surface area contributed by atoms with Gasteiger partial charge in [-0.1, -0.05) is 54.6 Å². The van der Waals surface area contributed by atoms with Crippen LogP contribution in [-0.2, 0) is 23.0 Å². The van der Waals surface area contributed by atoms with E-state index in [1.807, 2.05) is 54.6 Å². The highest BCUT2D eigenvalue weighted by Gasteiger charge is 2.26. The van der Waals surface area contributed by atoms with Gasteiger partial charge in [-0.3, -0.25) is 0 Å². The van der Waals surface area contributed by atoms with Crippen LogP contribution in [0.3, 0.4) is 0 Å². The van der Waals surface area contributed by atoms with Gasteiger partial charge < -0.3 is 5.32 Å². The second-order valence-corrected chi connectivity index (χ2v) is 7.40. The van der Waals surface area contributed by atoms with Crippen molar-refractivity contribution in [3.05, 3.63) is 71.3 Å². The summed E-state index contributed by atoms with van der Waals surface area (Å²) >= 11 is 0. The summed E-state index contributed by atoms with van der Waals surface area (Å²) in [6.07, 6.45) is 0.703. The fraction of sp³-hybridized carbons (Fsp3) is 0.294. The van der Waals surface area contributed by atoms with Crippen LogP contribution in [0.25, 0.3) is 0 Å². The Morgan fingerprint density at radius 2 is 1.77 bits per heavy atom. The van der Waals surface area contributed by atoms with Crippen LogP contribution in [0.5, 0.6) is 0 Å². The lowest BCUT2D eigenvalue weighted by atomic mass is 10.1. The van der Waals surface area contributed by atoms with Crippen molar-refractivity contribution in [1.29, 1.82) is 0 Å². The number of sulfonamides is 1. The second kappa shape index (κ2) is 6.60. The van der Waals surface area contributed by atoms with Gasteiger partial charge in [-0.15, -0.1) is 0 Å². The summed E-state index contributed by atoms with van der Waals surface area (Å²) in [6.45, 7) is 1.17. The predicted molar refractivity (Wildman–Crippen MR) is 88.0 cm³/mol. The van der Waals surface area contributed by atoms with Crippen LogP contribution in [0.2, 0.25) is 0 Å². The third-order valence-corrected chi connectivity index (χ3v) is 5.35. The van der Waals surface area contributed by atoms with Gasteiger partial charge in [-0.05, 0) is 23.1 Å². The molecule has 116 valence electrons. The van der Waals surface area contributed by atoms with Gasteiger partial charge in [0.05, 0.1) is 5.75 Å². The van der Waals surface area contributed by atoms with Gasteiger partial charge in [0, 0.05) is 19.1 Å². The number of hydrogen-bond acceptors (Lipinski definition) is 3. The van der Waals surface area contributed by atoms with Crippen LogP contribution in [0.15, 0.2) is 54.6 Å². The van der Waals surface area contributed by atoms with E-state index in [-0.39, 0.29) is 11.8 Å². The molecule has 2 aromatic carbocycles. The molecule has 4 nitrogen and oxygen atoms in total. The molecule has 0 amide bonds. The molecular weight excluding hydrogens is 296 g/mol. The first-order valence-electron chi connectivity index (χ1n) is 7.46. The van der Waals surface area contributed by atoms with E-state index in [2.05, 4.69) is 10.0 Å². The molecule has 0 radical (unpaired) electrons. The first-order chi connectivity index (χ1) is 10.6. The Labute approximate surface area is 131 Å². The molecule has 1 heterocycles. The summed E-state index contributed by atoms with van der Waals surface area (Å²) in [5, 5.41) is 3.27. The molecule has 0 saturated carbocycles. The van der Waals surface area contributed by atoms with Crippen molar-refractivity contribution >= 4 is 10.0 Å². The maximum atomic E-state index is 12.2. The highest BCUT2D eigenvalue weighted by Crippen LogP contribution is 2.25. The van der Waals surface area contributed by atoms with Crippen molar-refractivity contribution in [2.75, 3.05) is 12.3 Å². The van der Waals surface area contributed by atoms with Gasteiger partial charge in [0.25, 0.3) is 0 Å². The van der Waals surface area contributed by atoms with Crippen molar-refractivity contribution in [3.63, 3.8) is 0 Å². The molecule has 0 spiro atoms. The lowest BCUT2D eigenvalue weighted by molar-refractivity contribution is 0.559. The Morgan fingerprint density at radius 3 is 2.59 bits per heavy atom. The molecular formula is C17H20N2O2S. The highest BCUT2D eigenvalue weighted by molar-refractivity contribution is 7.89. The van der Waals surface area contributed by atoms with Gasteiger partial charge >= 0.3 is 0 Å². The summed E-state index contributed by atoms with van der Waals surface area (Å²) in [6, 6.07) is 17.7. The summed E-state index contributed by atoms with van der Waals surface area (Å²) in [5.41, 5.74) is 3.41. The van der Waals surface area contributed by atoms with E-state index in [0.29, 0.717) is 13.0 Å². The van der Waals surface area contributed by atoms with Gasteiger partial charge in [0.2, 0.25) is 10.0 Å². The maximum absolute atomic E-state index is 12.2. The van der Waals surface area contributed by atoms with Crippen LogP contribution in [-0.4, -0.2) is 20.7 Å². The molecule has 0 saturated heterocycles. The number of benzene rings is 2. The monoisotopic (exact) mass is 316 g/mol. The molecule has 22 heavy (non-hydrogen) atoms. The fourth-order valence-corrected chi connectivity index (χ4v) is 4.07. The molecule has 0 fully saturated rings. The molecule has 1 atom stereocenters. The van der Waals surface area contributed by atoms with E-state index in [9.17, 15) is 8.42 Å². The van der Waals surface area contributed by atoms with E-state index in [1.54, 1.807) is 0 Å². The Balaban J connectivity index is 1.56. The lowest BCUT2D eigenvalue weighted by Gasteiger charge is -2.13. The number of rotatable bonds is 6. The summed E-state index contributed by atoms with van der Waals surface area (Å²) in [7, 11) is -3.29. The number of hydrogen-bond donors (Lipinski definition) is 2. The average molecular weight is 316 g/mol. The van der Waals surface area contributed by atoms with E-state index in [4.69, 9.17) is 0 Å². The van der Waals surface area contributed by atoms with Crippen molar-refractivity contribution < 1.29 is 8.42 Å². The number of nitrogens with one attached hydrogen (secondary N) is 2. The SMILES string of the molecule is O=S(=O)(CC1NCc2ccccc21)NCCc1ccccc1. The normalized spacial score (nSPS) is 17.4. The summed E-state index contributed by atoms with van der Waals surface area (Å²) in [4.78, 5) is 0. The van der Waals surface area contributed by atoms with Crippen LogP contribution in [0.4, 0.5) is 0 Å². The standard InChI is InChI=1S/C17H20N2O2S/c20-22(21,19-11-10-14-6-2-1-3-7-14)13-17-16-9-5-4-8-15(16)12-18-17/h1-9,17-19H,10-13H2. The summed E-state index contributed by atoms with van der Waals surface area (Å²) < 4.78 is 27.2. The predicted octanol–water partition coefficient (Wildman–Crippen LogP) is 1.99. The highest BCUT2D eigenvalue weighted by atomic mass is 32.2. The molecule has 2 aromatic rings. The lowest BCUT2D eigenvalue weighted by Crippen LogP contribution is -2.33. The molecule has 5 heteroatoms. The maximum Gasteiger partial charge on any atom is 0.213 e. The topological polar surface area (TPSA) is 58.2 Å². The van der Waals surface area contributed by atoms with Gasteiger partial charge in [0.1, 0.15) is 0 Å². The zero-order valence-corrected chi connectivity index (χ0v) is 13.1. The largest absolute Gasteiger partial charge is 0.305 e. The van der Waals surface area contributed by atoms with E-state index >= 15 is 0 Å². The molecule has 2 N–H and O–H groups in total. The van der Waals surface area contributed by atoms with Crippen molar-refractivity contribution in [2.24, 2.45) is 0 Å². The minimum absolute atomic E-state index is 0.0821. The van der Waals surface area contributed by atoms with E-state index in [0.717, 1.165) is 17.7 Å². The molecule has 1 unspecified atom stereocenters. The first kappa shape index (κ1) is 15.2. The van der Waals surface area contributed by atoms with Gasteiger partial charge in [0.15, 0.2) is 0 Å². The smallest absolute Gasteiger partial charge is 0.213 e. The molecule has 1 aliphatic heterocycles. The molecule has 1 aliphatic rings. The van der Waals surface area contributed by atoms with Gasteiger partial charge in [-0.25, -0.2) is 13.1 Å². The number of fused-ring (bicyclic) bond motifs is 1. The minimum Gasteiger partial charge on any atom is -0.305 e.